The fourth-order valence-corrected chi connectivity index (χ4v) is 4.62. The molecule has 1 saturated heterocycles. The first-order chi connectivity index (χ1) is 14.4. The van der Waals surface area contributed by atoms with Crippen LogP contribution in [0.2, 0.25) is 0 Å². The molecule has 1 N–H and O–H groups in total. The molecule has 3 amide bonds. The third-order valence-electron chi connectivity index (χ3n) is 6.46. The summed E-state index contributed by atoms with van der Waals surface area (Å²) in [6.07, 6.45) is 4.78. The Morgan fingerprint density at radius 3 is 2.53 bits per heavy atom. The van der Waals surface area contributed by atoms with Crippen molar-refractivity contribution in [1.29, 1.82) is 0 Å². The van der Waals surface area contributed by atoms with Gasteiger partial charge in [-0.2, -0.15) is 0 Å². The first-order valence-electron chi connectivity index (χ1n) is 11.4. The van der Waals surface area contributed by atoms with Crippen molar-refractivity contribution in [3.63, 3.8) is 0 Å². The maximum Gasteiger partial charge on any atom is 0.245 e. The molecule has 0 spiro atoms. The van der Waals surface area contributed by atoms with Gasteiger partial charge >= 0.3 is 0 Å². The second-order valence-electron chi connectivity index (χ2n) is 9.51. The van der Waals surface area contributed by atoms with Gasteiger partial charge in [0.25, 0.3) is 0 Å². The zero-order valence-corrected chi connectivity index (χ0v) is 18.1. The number of nitrogens with one attached hydrogen (secondary N) is 1. The fourth-order valence-electron chi connectivity index (χ4n) is 4.62. The van der Waals surface area contributed by atoms with Crippen LogP contribution in [0.25, 0.3) is 0 Å². The molecule has 2 atom stereocenters. The van der Waals surface area contributed by atoms with E-state index in [1.807, 2.05) is 36.9 Å². The molecular formula is C24H33N3O3. The summed E-state index contributed by atoms with van der Waals surface area (Å²) in [5, 5.41) is 3.08. The van der Waals surface area contributed by atoms with Crippen LogP contribution in [-0.2, 0) is 27.3 Å². The molecular weight excluding hydrogens is 378 g/mol. The lowest BCUT2D eigenvalue weighted by molar-refractivity contribution is -0.149. The van der Waals surface area contributed by atoms with Gasteiger partial charge in [-0.25, -0.2) is 0 Å². The Morgan fingerprint density at radius 1 is 1.10 bits per heavy atom. The van der Waals surface area contributed by atoms with E-state index in [2.05, 4.69) is 11.4 Å². The SMILES string of the molecule is CC(C)CC(=O)N1Cc2ccccc2CC1C(=O)N1CCCC(C(=O)NC2CC2)C1. The minimum atomic E-state index is -0.476. The van der Waals surface area contributed by atoms with E-state index < -0.39 is 6.04 Å². The Kier molecular flexibility index (Phi) is 6.11. The Labute approximate surface area is 179 Å². The van der Waals surface area contributed by atoms with Gasteiger partial charge in [0, 0.05) is 38.5 Å². The van der Waals surface area contributed by atoms with Crippen molar-refractivity contribution in [2.75, 3.05) is 13.1 Å². The second kappa shape index (κ2) is 8.78. The molecule has 6 heteroatoms. The predicted octanol–water partition coefficient (Wildman–Crippen LogP) is 2.50. The molecule has 30 heavy (non-hydrogen) atoms. The Hall–Kier alpha value is -2.37. The van der Waals surface area contributed by atoms with Crippen LogP contribution >= 0.6 is 0 Å². The number of benzene rings is 1. The third-order valence-corrected chi connectivity index (χ3v) is 6.46. The minimum Gasteiger partial charge on any atom is -0.353 e. The van der Waals surface area contributed by atoms with E-state index in [-0.39, 0.29) is 29.6 Å². The second-order valence-corrected chi connectivity index (χ2v) is 9.51. The van der Waals surface area contributed by atoms with E-state index in [0.29, 0.717) is 38.5 Å². The van der Waals surface area contributed by atoms with Gasteiger partial charge in [-0.15, -0.1) is 0 Å². The van der Waals surface area contributed by atoms with Crippen LogP contribution in [0.4, 0.5) is 0 Å². The fraction of sp³-hybridized carbons (Fsp3) is 0.625. The van der Waals surface area contributed by atoms with Crippen LogP contribution in [-0.4, -0.2) is 52.7 Å². The Morgan fingerprint density at radius 2 is 1.83 bits per heavy atom. The number of likely N-dealkylation sites (tertiary alicyclic amines) is 1. The molecule has 3 aliphatic rings. The summed E-state index contributed by atoms with van der Waals surface area (Å²) < 4.78 is 0. The number of hydrogen-bond acceptors (Lipinski definition) is 3. The largest absolute Gasteiger partial charge is 0.353 e. The highest BCUT2D eigenvalue weighted by Crippen LogP contribution is 2.28. The van der Waals surface area contributed by atoms with E-state index in [1.54, 1.807) is 4.90 Å². The van der Waals surface area contributed by atoms with Crippen LogP contribution in [0.3, 0.4) is 0 Å². The molecule has 0 aromatic heterocycles. The quantitative estimate of drug-likeness (QED) is 0.809. The minimum absolute atomic E-state index is 0.00877. The van der Waals surface area contributed by atoms with Crippen LogP contribution in [0.5, 0.6) is 0 Å². The lowest BCUT2D eigenvalue weighted by atomic mass is 9.91. The van der Waals surface area contributed by atoms with E-state index in [0.717, 1.165) is 36.8 Å². The molecule has 1 saturated carbocycles. The average Bonchev–Trinajstić information content (AvgIpc) is 3.55. The molecule has 1 aliphatic carbocycles. The van der Waals surface area contributed by atoms with Gasteiger partial charge in [0.1, 0.15) is 6.04 Å². The summed E-state index contributed by atoms with van der Waals surface area (Å²) >= 11 is 0. The molecule has 2 aliphatic heterocycles. The van der Waals surface area contributed by atoms with Crippen LogP contribution in [0.15, 0.2) is 24.3 Å². The molecule has 2 fully saturated rings. The summed E-state index contributed by atoms with van der Waals surface area (Å²) in [4.78, 5) is 42.7. The average molecular weight is 412 g/mol. The van der Waals surface area contributed by atoms with Crippen molar-refractivity contribution in [3.05, 3.63) is 35.4 Å². The van der Waals surface area contributed by atoms with Crippen molar-refractivity contribution in [2.45, 2.75) is 71.0 Å². The van der Waals surface area contributed by atoms with E-state index in [9.17, 15) is 14.4 Å². The normalized spacial score (nSPS) is 23.8. The highest BCUT2D eigenvalue weighted by atomic mass is 16.2. The molecule has 0 bridgehead atoms. The van der Waals surface area contributed by atoms with Gasteiger partial charge in [0.2, 0.25) is 17.7 Å². The van der Waals surface area contributed by atoms with Gasteiger partial charge in [-0.1, -0.05) is 38.1 Å². The maximum absolute atomic E-state index is 13.6. The van der Waals surface area contributed by atoms with Gasteiger partial charge in [-0.3, -0.25) is 14.4 Å². The highest BCUT2D eigenvalue weighted by Gasteiger charge is 2.39. The van der Waals surface area contributed by atoms with Crippen LogP contribution < -0.4 is 5.32 Å². The number of piperidine rings is 1. The van der Waals surface area contributed by atoms with Crippen molar-refractivity contribution < 1.29 is 14.4 Å². The Bertz CT molecular complexity index is 818. The van der Waals surface area contributed by atoms with Gasteiger partial charge in [0.15, 0.2) is 0 Å². The Balaban J connectivity index is 1.50. The molecule has 4 rings (SSSR count). The van der Waals surface area contributed by atoms with Crippen molar-refractivity contribution >= 4 is 17.7 Å². The number of nitrogens with zero attached hydrogens (tertiary/aromatic N) is 2. The van der Waals surface area contributed by atoms with E-state index in [1.165, 1.54) is 0 Å². The van der Waals surface area contributed by atoms with Gasteiger partial charge < -0.3 is 15.1 Å². The molecule has 0 radical (unpaired) electrons. The summed E-state index contributed by atoms with van der Waals surface area (Å²) in [6.45, 7) is 5.66. The zero-order chi connectivity index (χ0) is 21.3. The zero-order valence-electron chi connectivity index (χ0n) is 18.1. The van der Waals surface area contributed by atoms with Gasteiger partial charge in [-0.05, 0) is 42.7 Å². The number of hydrogen-bond donors (Lipinski definition) is 1. The van der Waals surface area contributed by atoms with Crippen LogP contribution in [0.1, 0.15) is 57.1 Å². The van der Waals surface area contributed by atoms with E-state index in [4.69, 9.17) is 0 Å². The first-order valence-corrected chi connectivity index (χ1v) is 11.4. The smallest absolute Gasteiger partial charge is 0.245 e. The van der Waals surface area contributed by atoms with Crippen molar-refractivity contribution in [1.82, 2.24) is 15.1 Å². The number of rotatable bonds is 5. The molecule has 1 aromatic carbocycles. The van der Waals surface area contributed by atoms with Gasteiger partial charge in [0.05, 0.1) is 5.92 Å². The highest BCUT2D eigenvalue weighted by molar-refractivity contribution is 5.89. The number of carbonyl (C=O) groups is 3. The third kappa shape index (κ3) is 4.68. The van der Waals surface area contributed by atoms with Crippen molar-refractivity contribution in [3.8, 4) is 0 Å². The van der Waals surface area contributed by atoms with Crippen LogP contribution in [0, 0.1) is 11.8 Å². The predicted molar refractivity (Wildman–Crippen MR) is 114 cm³/mol. The lowest BCUT2D eigenvalue weighted by Gasteiger charge is -2.41. The lowest BCUT2D eigenvalue weighted by Crippen LogP contribution is -2.56. The molecule has 2 heterocycles. The topological polar surface area (TPSA) is 69.7 Å². The molecule has 2 unspecified atom stereocenters. The number of carbonyl (C=O) groups excluding carboxylic acids is 3. The summed E-state index contributed by atoms with van der Waals surface area (Å²) in [6, 6.07) is 7.94. The number of fused-ring (bicyclic) bond motifs is 1. The summed E-state index contributed by atoms with van der Waals surface area (Å²) in [5.74, 6) is 0.218. The first kappa shape index (κ1) is 20.9. The summed E-state index contributed by atoms with van der Waals surface area (Å²) in [7, 11) is 0. The van der Waals surface area contributed by atoms with Crippen molar-refractivity contribution in [2.24, 2.45) is 11.8 Å². The molecule has 1 aromatic rings. The monoisotopic (exact) mass is 411 g/mol. The standard InChI is InChI=1S/C24H33N3O3/c1-16(2)12-22(28)27-15-18-7-4-3-6-17(18)13-21(27)24(30)26-11-5-8-19(14-26)23(29)25-20-9-10-20/h3-4,6-7,16,19-21H,5,8-15H2,1-2H3,(H,25,29). The molecule has 162 valence electrons. The maximum atomic E-state index is 13.6. The number of amides is 3. The molecule has 6 nitrogen and oxygen atoms in total. The summed E-state index contributed by atoms with van der Waals surface area (Å²) in [5.41, 5.74) is 2.27. The van der Waals surface area contributed by atoms with E-state index >= 15 is 0 Å².